The quantitative estimate of drug-likeness (QED) is 0.698. The van der Waals surface area contributed by atoms with Crippen molar-refractivity contribution in [2.75, 3.05) is 5.75 Å². The monoisotopic (exact) mass is 297 g/mol. The van der Waals surface area contributed by atoms with Crippen LogP contribution in [-0.2, 0) is 14.8 Å². The smallest absolute Gasteiger partial charge is 0.262 e. The molecule has 0 radical (unpaired) electrons. The number of nitrogens with zero attached hydrogens (tertiary/aromatic N) is 1. The maximum atomic E-state index is 12.6. The molecule has 3 fully saturated rings. The summed E-state index contributed by atoms with van der Waals surface area (Å²) in [6, 6.07) is -0.122. The van der Waals surface area contributed by atoms with E-state index in [0.29, 0.717) is 11.5 Å². The Labute approximate surface area is 121 Å². The number of fused-ring (bicyclic) bond motifs is 1. The standard InChI is InChI=1S/C15H23NO3S/c1-5-10(2)13(17)16-12-8-11-6-7-15(12,14(11,3)4)9-20(16,18)19/h5,11-12H,6-9H2,1-4H3/b10-5+/t11?,12?,15-/m0/s1. The van der Waals surface area contributed by atoms with E-state index in [1.54, 1.807) is 19.9 Å². The first-order valence-corrected chi connectivity index (χ1v) is 8.97. The van der Waals surface area contributed by atoms with Crippen LogP contribution in [0.4, 0.5) is 0 Å². The van der Waals surface area contributed by atoms with Crippen LogP contribution in [0.1, 0.15) is 47.0 Å². The topological polar surface area (TPSA) is 54.5 Å². The van der Waals surface area contributed by atoms with Gasteiger partial charge in [0, 0.05) is 11.0 Å². The number of sulfonamides is 1. The van der Waals surface area contributed by atoms with E-state index < -0.39 is 10.0 Å². The molecule has 5 heteroatoms. The van der Waals surface area contributed by atoms with Crippen LogP contribution >= 0.6 is 0 Å². The molecule has 0 aromatic carbocycles. The Hall–Kier alpha value is -0.840. The minimum Gasteiger partial charge on any atom is -0.268 e. The third-order valence-electron chi connectivity index (χ3n) is 6.38. The van der Waals surface area contributed by atoms with E-state index >= 15 is 0 Å². The Morgan fingerprint density at radius 2 is 2.00 bits per heavy atom. The highest BCUT2D eigenvalue weighted by atomic mass is 32.2. The second kappa shape index (κ2) is 3.87. The van der Waals surface area contributed by atoms with Crippen molar-refractivity contribution in [1.82, 2.24) is 4.31 Å². The molecule has 1 amide bonds. The molecule has 3 aliphatic rings. The summed E-state index contributed by atoms with van der Waals surface area (Å²) in [5.41, 5.74) is 0.315. The molecule has 112 valence electrons. The lowest BCUT2D eigenvalue weighted by Gasteiger charge is -2.37. The van der Waals surface area contributed by atoms with Gasteiger partial charge in [0.1, 0.15) is 0 Å². The minimum atomic E-state index is -3.47. The van der Waals surface area contributed by atoms with Gasteiger partial charge >= 0.3 is 0 Å². The van der Waals surface area contributed by atoms with Crippen molar-refractivity contribution in [3.8, 4) is 0 Å². The van der Waals surface area contributed by atoms with E-state index in [1.807, 2.05) is 0 Å². The van der Waals surface area contributed by atoms with Crippen molar-refractivity contribution in [3.63, 3.8) is 0 Å². The van der Waals surface area contributed by atoms with Crippen LogP contribution in [-0.4, -0.2) is 30.4 Å². The second-order valence-corrected chi connectivity index (χ2v) is 9.04. The summed E-state index contributed by atoms with van der Waals surface area (Å²) in [6.45, 7) is 7.85. The third-order valence-corrected chi connectivity index (χ3v) is 8.28. The molecule has 20 heavy (non-hydrogen) atoms. The Balaban J connectivity index is 2.09. The van der Waals surface area contributed by atoms with Gasteiger partial charge in [0.15, 0.2) is 0 Å². The van der Waals surface area contributed by atoms with Crippen molar-refractivity contribution < 1.29 is 13.2 Å². The van der Waals surface area contributed by atoms with Gasteiger partial charge in [0.25, 0.3) is 5.91 Å². The lowest BCUT2D eigenvalue weighted by molar-refractivity contribution is -0.125. The van der Waals surface area contributed by atoms with Crippen LogP contribution < -0.4 is 0 Å². The molecule has 4 nitrogen and oxygen atoms in total. The SMILES string of the molecule is C/C=C(\C)C(=O)N1C2CC3CC[C@@]2(CS1(=O)=O)C3(C)C. The Morgan fingerprint density at radius 1 is 1.35 bits per heavy atom. The van der Waals surface area contributed by atoms with Gasteiger partial charge in [-0.3, -0.25) is 4.79 Å². The van der Waals surface area contributed by atoms with E-state index in [9.17, 15) is 13.2 Å². The molecule has 1 saturated heterocycles. The molecule has 2 unspecified atom stereocenters. The highest BCUT2D eigenvalue weighted by molar-refractivity contribution is 7.90. The minimum absolute atomic E-state index is 0.0175. The van der Waals surface area contributed by atoms with Crippen molar-refractivity contribution >= 4 is 15.9 Å². The normalized spacial score (nSPS) is 41.0. The van der Waals surface area contributed by atoms with Gasteiger partial charge < -0.3 is 0 Å². The number of rotatable bonds is 1. The van der Waals surface area contributed by atoms with Gasteiger partial charge in [-0.1, -0.05) is 19.9 Å². The predicted molar refractivity (Wildman–Crippen MR) is 77.4 cm³/mol. The highest BCUT2D eigenvalue weighted by Crippen LogP contribution is 2.70. The van der Waals surface area contributed by atoms with Crippen molar-refractivity contribution in [2.45, 2.75) is 53.0 Å². The van der Waals surface area contributed by atoms with Crippen molar-refractivity contribution in [3.05, 3.63) is 11.6 Å². The van der Waals surface area contributed by atoms with Gasteiger partial charge in [-0.15, -0.1) is 0 Å². The van der Waals surface area contributed by atoms with E-state index in [1.165, 1.54) is 4.31 Å². The summed E-state index contributed by atoms with van der Waals surface area (Å²) in [6.07, 6.45) is 4.58. The number of carbonyl (C=O) groups is 1. The maximum Gasteiger partial charge on any atom is 0.262 e. The number of amides is 1. The van der Waals surface area contributed by atoms with Crippen molar-refractivity contribution in [1.29, 1.82) is 0 Å². The fourth-order valence-electron chi connectivity index (χ4n) is 4.85. The Morgan fingerprint density at radius 3 is 2.55 bits per heavy atom. The van der Waals surface area contributed by atoms with Gasteiger partial charge in [0.2, 0.25) is 10.0 Å². The maximum absolute atomic E-state index is 12.6. The summed E-state index contributed by atoms with van der Waals surface area (Å²) in [5, 5.41) is 0. The summed E-state index contributed by atoms with van der Waals surface area (Å²) < 4.78 is 26.4. The molecule has 0 aromatic heterocycles. The zero-order valence-corrected chi connectivity index (χ0v) is 13.5. The predicted octanol–water partition coefficient (Wildman–Crippen LogP) is 2.32. The van der Waals surface area contributed by atoms with E-state index in [4.69, 9.17) is 0 Å². The van der Waals surface area contributed by atoms with E-state index in [2.05, 4.69) is 13.8 Å². The first-order valence-electron chi connectivity index (χ1n) is 7.37. The first kappa shape index (κ1) is 14.1. The molecule has 0 aromatic rings. The fourth-order valence-corrected chi connectivity index (χ4v) is 7.42. The summed E-state index contributed by atoms with van der Waals surface area (Å²) in [4.78, 5) is 12.5. The highest BCUT2D eigenvalue weighted by Gasteiger charge is 2.72. The van der Waals surface area contributed by atoms with Crippen LogP contribution in [0.3, 0.4) is 0 Å². The molecule has 3 rings (SSSR count). The number of carbonyl (C=O) groups excluding carboxylic acids is 1. The van der Waals surface area contributed by atoms with Gasteiger partial charge in [-0.2, -0.15) is 0 Å². The molecule has 2 bridgehead atoms. The largest absolute Gasteiger partial charge is 0.268 e. The molecular formula is C15H23NO3S. The third kappa shape index (κ3) is 1.42. The van der Waals surface area contributed by atoms with E-state index in [0.717, 1.165) is 19.3 Å². The lowest BCUT2D eigenvalue weighted by atomic mass is 9.69. The second-order valence-electron chi connectivity index (χ2n) is 7.19. The molecule has 1 aliphatic heterocycles. The average molecular weight is 297 g/mol. The molecule has 1 heterocycles. The zero-order chi connectivity index (χ0) is 14.9. The molecule has 0 N–H and O–H groups in total. The summed E-state index contributed by atoms with van der Waals surface area (Å²) >= 11 is 0. The number of hydrogen-bond acceptors (Lipinski definition) is 3. The van der Waals surface area contributed by atoms with Crippen LogP contribution in [0.2, 0.25) is 0 Å². The van der Waals surface area contributed by atoms with Crippen LogP contribution in [0, 0.1) is 16.7 Å². The Kier molecular flexibility index (Phi) is 2.73. The number of hydrogen-bond donors (Lipinski definition) is 0. The van der Waals surface area contributed by atoms with Crippen LogP contribution in [0.25, 0.3) is 0 Å². The molecule has 3 atom stereocenters. The molecule has 1 spiro atoms. The summed E-state index contributed by atoms with van der Waals surface area (Å²) in [5.74, 6) is 0.374. The van der Waals surface area contributed by atoms with Crippen LogP contribution in [0.5, 0.6) is 0 Å². The van der Waals surface area contributed by atoms with Gasteiger partial charge in [0.05, 0.1) is 11.8 Å². The van der Waals surface area contributed by atoms with Gasteiger partial charge in [-0.25, -0.2) is 12.7 Å². The molecule has 2 saturated carbocycles. The lowest BCUT2D eigenvalue weighted by Crippen LogP contribution is -2.44. The average Bonchev–Trinajstić information content (AvgIpc) is 2.83. The first-order chi connectivity index (χ1) is 9.17. The van der Waals surface area contributed by atoms with Gasteiger partial charge in [-0.05, 0) is 44.4 Å². The molecule has 2 aliphatic carbocycles. The number of allylic oxidation sites excluding steroid dienone is 1. The van der Waals surface area contributed by atoms with E-state index in [-0.39, 0.29) is 28.5 Å². The van der Waals surface area contributed by atoms with Crippen molar-refractivity contribution in [2.24, 2.45) is 16.7 Å². The fraction of sp³-hybridized carbons (Fsp3) is 0.800. The Bertz CT molecular complexity index is 605. The summed E-state index contributed by atoms with van der Waals surface area (Å²) in [7, 11) is -3.47. The molecular weight excluding hydrogens is 274 g/mol. The zero-order valence-electron chi connectivity index (χ0n) is 12.6. The van der Waals surface area contributed by atoms with Crippen LogP contribution in [0.15, 0.2) is 11.6 Å².